The highest BCUT2D eigenvalue weighted by Gasteiger charge is 2.14. The molecule has 0 aliphatic carbocycles. The minimum Gasteiger partial charge on any atom is -0.467 e. The van der Waals surface area contributed by atoms with Crippen LogP contribution in [0.5, 0.6) is 0 Å². The maximum Gasteiger partial charge on any atom is 0.236 e. The minimum atomic E-state index is -0.0405. The van der Waals surface area contributed by atoms with E-state index < -0.39 is 0 Å². The summed E-state index contributed by atoms with van der Waals surface area (Å²) in [6.07, 6.45) is 1.61. The highest BCUT2D eigenvalue weighted by Crippen LogP contribution is 2.04. The predicted molar refractivity (Wildman–Crippen MR) is 62.9 cm³/mol. The van der Waals surface area contributed by atoms with Crippen LogP contribution in [0.3, 0.4) is 0 Å². The zero-order valence-electron chi connectivity index (χ0n) is 10.4. The van der Waals surface area contributed by atoms with Crippen molar-refractivity contribution in [1.82, 2.24) is 10.2 Å². The van der Waals surface area contributed by atoms with E-state index in [1.807, 2.05) is 32.9 Å². The Morgan fingerprint density at radius 2 is 2.19 bits per heavy atom. The molecular weight excluding hydrogens is 204 g/mol. The number of rotatable bonds is 4. The van der Waals surface area contributed by atoms with E-state index in [1.165, 1.54) is 0 Å². The van der Waals surface area contributed by atoms with Crippen molar-refractivity contribution in [2.45, 2.75) is 32.9 Å². The van der Waals surface area contributed by atoms with Gasteiger partial charge in [0.1, 0.15) is 5.76 Å². The predicted octanol–water partition coefficient (Wildman–Crippen LogP) is 1.63. The molecule has 0 fully saturated rings. The Labute approximate surface area is 96.6 Å². The van der Waals surface area contributed by atoms with Crippen molar-refractivity contribution in [3.63, 3.8) is 0 Å². The second-order valence-corrected chi connectivity index (χ2v) is 4.93. The van der Waals surface area contributed by atoms with E-state index in [9.17, 15) is 4.79 Å². The van der Waals surface area contributed by atoms with Gasteiger partial charge in [0, 0.05) is 12.6 Å². The minimum absolute atomic E-state index is 0.0405. The maximum atomic E-state index is 11.7. The van der Waals surface area contributed by atoms with Gasteiger partial charge in [0.05, 0.1) is 19.4 Å². The lowest BCUT2D eigenvalue weighted by Crippen LogP contribution is -2.43. The summed E-state index contributed by atoms with van der Waals surface area (Å²) in [4.78, 5) is 13.4. The van der Waals surface area contributed by atoms with Crippen LogP contribution in [0.2, 0.25) is 0 Å². The van der Waals surface area contributed by atoms with E-state index in [0.717, 1.165) is 5.76 Å². The molecule has 0 bridgehead atoms. The van der Waals surface area contributed by atoms with Crippen molar-refractivity contribution in [3.8, 4) is 0 Å². The normalized spacial score (nSPS) is 11.5. The van der Waals surface area contributed by atoms with Gasteiger partial charge < -0.3 is 14.6 Å². The van der Waals surface area contributed by atoms with E-state index >= 15 is 0 Å². The summed E-state index contributed by atoms with van der Waals surface area (Å²) in [6.45, 7) is 6.96. The summed E-state index contributed by atoms with van der Waals surface area (Å²) < 4.78 is 5.19. The van der Waals surface area contributed by atoms with Gasteiger partial charge in [0.15, 0.2) is 0 Å². The molecule has 0 saturated carbocycles. The number of nitrogens with zero attached hydrogens (tertiary/aromatic N) is 1. The summed E-state index contributed by atoms with van der Waals surface area (Å²) in [7, 11) is 1.77. The Morgan fingerprint density at radius 1 is 1.50 bits per heavy atom. The lowest BCUT2D eigenvalue weighted by atomic mass is 10.1. The molecule has 0 aromatic carbocycles. The number of hydrogen-bond acceptors (Lipinski definition) is 3. The zero-order valence-corrected chi connectivity index (χ0v) is 10.4. The van der Waals surface area contributed by atoms with Crippen molar-refractivity contribution in [2.24, 2.45) is 0 Å². The van der Waals surface area contributed by atoms with Crippen LogP contribution in [0.1, 0.15) is 26.5 Å². The van der Waals surface area contributed by atoms with Crippen LogP contribution >= 0.6 is 0 Å². The molecule has 16 heavy (non-hydrogen) atoms. The molecule has 1 aromatic rings. The lowest BCUT2D eigenvalue weighted by molar-refractivity contribution is -0.130. The van der Waals surface area contributed by atoms with E-state index in [1.54, 1.807) is 18.2 Å². The van der Waals surface area contributed by atoms with Crippen molar-refractivity contribution in [1.29, 1.82) is 0 Å². The van der Waals surface area contributed by atoms with Gasteiger partial charge in [-0.05, 0) is 32.9 Å². The van der Waals surface area contributed by atoms with Crippen LogP contribution in [0.15, 0.2) is 22.8 Å². The van der Waals surface area contributed by atoms with Gasteiger partial charge in [-0.15, -0.1) is 0 Å². The van der Waals surface area contributed by atoms with Crippen molar-refractivity contribution in [3.05, 3.63) is 24.2 Å². The van der Waals surface area contributed by atoms with Gasteiger partial charge in [-0.2, -0.15) is 0 Å². The molecular formula is C12H20N2O2. The first kappa shape index (κ1) is 12.8. The van der Waals surface area contributed by atoms with Gasteiger partial charge in [0.25, 0.3) is 0 Å². The average molecular weight is 224 g/mol. The first-order chi connectivity index (χ1) is 7.38. The summed E-state index contributed by atoms with van der Waals surface area (Å²) in [5.74, 6) is 0.859. The molecule has 1 heterocycles. The van der Waals surface area contributed by atoms with Gasteiger partial charge >= 0.3 is 0 Å². The summed E-state index contributed by atoms with van der Waals surface area (Å²) in [5.41, 5.74) is -0.0405. The van der Waals surface area contributed by atoms with Crippen molar-refractivity contribution < 1.29 is 9.21 Å². The first-order valence-corrected chi connectivity index (χ1v) is 5.40. The highest BCUT2D eigenvalue weighted by molar-refractivity contribution is 5.77. The molecule has 0 unspecified atom stereocenters. The first-order valence-electron chi connectivity index (χ1n) is 5.40. The molecule has 4 heteroatoms. The fourth-order valence-corrected chi connectivity index (χ4v) is 1.20. The third-order valence-electron chi connectivity index (χ3n) is 2.17. The van der Waals surface area contributed by atoms with E-state index in [0.29, 0.717) is 13.1 Å². The smallest absolute Gasteiger partial charge is 0.236 e. The molecule has 0 saturated heterocycles. The molecule has 1 rings (SSSR count). The number of hydrogen-bond donors (Lipinski definition) is 1. The largest absolute Gasteiger partial charge is 0.467 e. The molecule has 0 radical (unpaired) electrons. The van der Waals surface area contributed by atoms with Crippen LogP contribution in [-0.4, -0.2) is 29.9 Å². The van der Waals surface area contributed by atoms with E-state index in [2.05, 4.69) is 5.32 Å². The third kappa shape index (κ3) is 4.49. The molecule has 0 spiro atoms. The monoisotopic (exact) mass is 224 g/mol. The molecule has 0 aliphatic heterocycles. The quantitative estimate of drug-likeness (QED) is 0.845. The topological polar surface area (TPSA) is 45.5 Å². The van der Waals surface area contributed by atoms with Crippen LogP contribution in [0.4, 0.5) is 0 Å². The highest BCUT2D eigenvalue weighted by atomic mass is 16.3. The molecule has 0 aliphatic rings. The van der Waals surface area contributed by atoms with Gasteiger partial charge in [-0.3, -0.25) is 4.79 Å². The van der Waals surface area contributed by atoms with E-state index in [-0.39, 0.29) is 11.4 Å². The molecule has 1 aromatic heterocycles. The van der Waals surface area contributed by atoms with Crippen LogP contribution in [-0.2, 0) is 11.3 Å². The molecule has 1 amide bonds. The lowest BCUT2D eigenvalue weighted by Gasteiger charge is -2.22. The van der Waals surface area contributed by atoms with Gasteiger partial charge in [-0.25, -0.2) is 0 Å². The Kier molecular flexibility index (Phi) is 4.12. The van der Waals surface area contributed by atoms with Crippen molar-refractivity contribution in [2.75, 3.05) is 13.6 Å². The molecule has 4 nitrogen and oxygen atoms in total. The standard InChI is InChI=1S/C12H20N2O2/c1-12(2,3)13-8-11(15)14(4)9-10-6-5-7-16-10/h5-7,13H,8-9H2,1-4H3. The molecule has 1 N–H and O–H groups in total. The number of likely N-dealkylation sites (N-methyl/N-ethyl adjacent to an activating group) is 1. The Balaban J connectivity index is 2.37. The van der Waals surface area contributed by atoms with Crippen molar-refractivity contribution >= 4 is 5.91 Å². The fourth-order valence-electron chi connectivity index (χ4n) is 1.20. The summed E-state index contributed by atoms with van der Waals surface area (Å²) in [5, 5.41) is 3.16. The Bertz CT molecular complexity index is 325. The number of nitrogens with one attached hydrogen (secondary N) is 1. The van der Waals surface area contributed by atoms with Crippen LogP contribution < -0.4 is 5.32 Å². The summed E-state index contributed by atoms with van der Waals surface area (Å²) >= 11 is 0. The molecule has 90 valence electrons. The second-order valence-electron chi connectivity index (χ2n) is 4.93. The van der Waals surface area contributed by atoms with Gasteiger partial charge in [-0.1, -0.05) is 0 Å². The maximum absolute atomic E-state index is 11.7. The Hall–Kier alpha value is -1.29. The number of carbonyl (C=O) groups excluding carboxylic acids is 1. The zero-order chi connectivity index (χ0) is 12.2. The third-order valence-corrected chi connectivity index (χ3v) is 2.17. The SMILES string of the molecule is CN(Cc1ccco1)C(=O)CNC(C)(C)C. The average Bonchev–Trinajstić information content (AvgIpc) is 2.65. The van der Waals surface area contributed by atoms with Crippen LogP contribution in [0, 0.1) is 0 Å². The summed E-state index contributed by atoms with van der Waals surface area (Å²) in [6, 6.07) is 3.68. The molecule has 0 atom stereocenters. The fraction of sp³-hybridized carbons (Fsp3) is 0.583. The number of amides is 1. The Morgan fingerprint density at radius 3 is 2.69 bits per heavy atom. The van der Waals surface area contributed by atoms with E-state index in [4.69, 9.17) is 4.42 Å². The van der Waals surface area contributed by atoms with Crippen LogP contribution in [0.25, 0.3) is 0 Å². The number of furan rings is 1. The van der Waals surface area contributed by atoms with Gasteiger partial charge in [0.2, 0.25) is 5.91 Å². The second kappa shape index (κ2) is 5.16. The number of carbonyl (C=O) groups is 1.